The first-order chi connectivity index (χ1) is 10.4. The van der Waals surface area contributed by atoms with Crippen molar-refractivity contribution in [1.82, 2.24) is 19.3 Å². The number of ether oxygens (including phenoxy) is 1. The van der Waals surface area contributed by atoms with Crippen LogP contribution in [0.4, 0.5) is 11.6 Å². The fraction of sp³-hybridized carbons (Fsp3) is 0.200. The zero-order valence-electron chi connectivity index (χ0n) is 11.8. The van der Waals surface area contributed by atoms with E-state index in [1.807, 2.05) is 58.2 Å². The Kier molecular flexibility index (Phi) is 3.97. The predicted octanol–water partition coefficient (Wildman–Crippen LogP) is 2.46. The summed E-state index contributed by atoms with van der Waals surface area (Å²) in [7, 11) is 1.68. The van der Waals surface area contributed by atoms with E-state index in [-0.39, 0.29) is 0 Å². The Morgan fingerprint density at radius 2 is 2.10 bits per heavy atom. The molecular formula is C15H17N5O. The van der Waals surface area contributed by atoms with Crippen LogP contribution in [0.15, 0.2) is 55.1 Å². The van der Waals surface area contributed by atoms with E-state index in [9.17, 15) is 0 Å². The minimum Gasteiger partial charge on any atom is -0.383 e. The van der Waals surface area contributed by atoms with E-state index in [1.54, 1.807) is 13.3 Å². The molecule has 0 amide bonds. The Bertz CT molecular complexity index is 689. The molecule has 6 heteroatoms. The third-order valence-corrected chi connectivity index (χ3v) is 3.09. The molecule has 21 heavy (non-hydrogen) atoms. The number of aromatic nitrogens is 4. The van der Waals surface area contributed by atoms with E-state index >= 15 is 0 Å². The molecule has 2 aromatic heterocycles. The normalized spacial score (nSPS) is 10.7. The van der Waals surface area contributed by atoms with E-state index in [0.717, 1.165) is 23.9 Å². The molecule has 0 radical (unpaired) electrons. The molecule has 0 atom stereocenters. The Balaban J connectivity index is 1.80. The van der Waals surface area contributed by atoms with Crippen LogP contribution in [0.2, 0.25) is 0 Å². The standard InChI is InChI=1S/C15H17N5O/c1-21-10-9-19-12-14(11-17-19)20-8-7-16-15(20)18-13-5-3-2-4-6-13/h2-8,11-12H,9-10H2,1H3,(H,16,18). The fourth-order valence-electron chi connectivity index (χ4n) is 2.04. The number of hydrogen-bond acceptors (Lipinski definition) is 4. The highest BCUT2D eigenvalue weighted by Crippen LogP contribution is 2.18. The molecule has 1 aromatic carbocycles. The molecular weight excluding hydrogens is 266 g/mol. The molecule has 0 aliphatic carbocycles. The highest BCUT2D eigenvalue weighted by molar-refractivity contribution is 5.55. The molecule has 0 aliphatic heterocycles. The first kappa shape index (κ1) is 13.4. The second-order valence-corrected chi connectivity index (χ2v) is 4.57. The van der Waals surface area contributed by atoms with E-state index in [0.29, 0.717) is 6.61 Å². The van der Waals surface area contributed by atoms with Crippen molar-refractivity contribution in [2.75, 3.05) is 19.0 Å². The van der Waals surface area contributed by atoms with Crippen LogP contribution in [0.3, 0.4) is 0 Å². The summed E-state index contributed by atoms with van der Waals surface area (Å²) < 4.78 is 8.87. The van der Waals surface area contributed by atoms with Crippen LogP contribution in [-0.2, 0) is 11.3 Å². The number of anilines is 2. The Hall–Kier alpha value is -2.60. The van der Waals surface area contributed by atoms with Crippen LogP contribution < -0.4 is 5.32 Å². The van der Waals surface area contributed by atoms with Crippen molar-refractivity contribution in [2.24, 2.45) is 0 Å². The summed E-state index contributed by atoms with van der Waals surface area (Å²) in [5.74, 6) is 0.757. The third kappa shape index (κ3) is 3.11. The molecule has 0 spiro atoms. The van der Waals surface area contributed by atoms with Crippen molar-refractivity contribution < 1.29 is 4.74 Å². The Labute approximate surface area is 123 Å². The maximum Gasteiger partial charge on any atom is 0.212 e. The molecule has 3 rings (SSSR count). The number of nitrogens with one attached hydrogen (secondary N) is 1. The van der Waals surface area contributed by atoms with Crippen LogP contribution in [0.25, 0.3) is 5.69 Å². The lowest BCUT2D eigenvalue weighted by molar-refractivity contribution is 0.183. The maximum absolute atomic E-state index is 5.06. The van der Waals surface area contributed by atoms with Gasteiger partial charge in [0.2, 0.25) is 5.95 Å². The van der Waals surface area contributed by atoms with Gasteiger partial charge in [0.15, 0.2) is 0 Å². The topological polar surface area (TPSA) is 56.9 Å². The van der Waals surface area contributed by atoms with Gasteiger partial charge >= 0.3 is 0 Å². The van der Waals surface area contributed by atoms with Crippen molar-refractivity contribution in [3.8, 4) is 5.69 Å². The molecule has 2 heterocycles. The van der Waals surface area contributed by atoms with Crippen molar-refractivity contribution in [2.45, 2.75) is 6.54 Å². The summed E-state index contributed by atoms with van der Waals surface area (Å²) >= 11 is 0. The number of methoxy groups -OCH3 is 1. The number of imidazole rings is 1. The average Bonchev–Trinajstić information content (AvgIpc) is 3.15. The lowest BCUT2D eigenvalue weighted by Gasteiger charge is -2.07. The van der Waals surface area contributed by atoms with Gasteiger partial charge in [0.1, 0.15) is 0 Å². The molecule has 3 aromatic rings. The largest absolute Gasteiger partial charge is 0.383 e. The number of hydrogen-bond donors (Lipinski definition) is 1. The van der Waals surface area contributed by atoms with E-state index < -0.39 is 0 Å². The monoisotopic (exact) mass is 283 g/mol. The van der Waals surface area contributed by atoms with Gasteiger partial charge in [-0.15, -0.1) is 0 Å². The van der Waals surface area contributed by atoms with Gasteiger partial charge in [0.25, 0.3) is 0 Å². The number of nitrogens with zero attached hydrogens (tertiary/aromatic N) is 4. The second-order valence-electron chi connectivity index (χ2n) is 4.57. The van der Waals surface area contributed by atoms with Crippen molar-refractivity contribution in [3.05, 3.63) is 55.1 Å². The minimum absolute atomic E-state index is 0.639. The van der Waals surface area contributed by atoms with Crippen LogP contribution in [-0.4, -0.2) is 33.0 Å². The van der Waals surface area contributed by atoms with E-state index in [4.69, 9.17) is 4.74 Å². The Morgan fingerprint density at radius 1 is 1.24 bits per heavy atom. The Morgan fingerprint density at radius 3 is 2.90 bits per heavy atom. The summed E-state index contributed by atoms with van der Waals surface area (Å²) in [6.07, 6.45) is 7.45. The minimum atomic E-state index is 0.639. The molecule has 108 valence electrons. The zero-order chi connectivity index (χ0) is 14.5. The molecule has 1 N–H and O–H groups in total. The number of benzene rings is 1. The summed E-state index contributed by atoms with van der Waals surface area (Å²) in [4.78, 5) is 4.35. The van der Waals surface area contributed by atoms with Crippen LogP contribution >= 0.6 is 0 Å². The van der Waals surface area contributed by atoms with Gasteiger partial charge in [-0.05, 0) is 12.1 Å². The van der Waals surface area contributed by atoms with Crippen LogP contribution in [0.1, 0.15) is 0 Å². The third-order valence-electron chi connectivity index (χ3n) is 3.09. The molecule has 0 fully saturated rings. The summed E-state index contributed by atoms with van der Waals surface area (Å²) in [5, 5.41) is 7.61. The van der Waals surface area contributed by atoms with Crippen LogP contribution in [0, 0.1) is 0 Å². The van der Waals surface area contributed by atoms with E-state index in [1.165, 1.54) is 0 Å². The lowest BCUT2D eigenvalue weighted by Crippen LogP contribution is -2.04. The fourth-order valence-corrected chi connectivity index (χ4v) is 2.04. The van der Waals surface area contributed by atoms with Crippen molar-refractivity contribution in [3.63, 3.8) is 0 Å². The SMILES string of the molecule is COCCn1cc(-n2ccnc2Nc2ccccc2)cn1. The van der Waals surface area contributed by atoms with Crippen LogP contribution in [0.5, 0.6) is 0 Å². The zero-order valence-corrected chi connectivity index (χ0v) is 11.8. The maximum atomic E-state index is 5.06. The van der Waals surface area contributed by atoms with Gasteiger partial charge in [0, 0.05) is 31.4 Å². The molecule has 0 unspecified atom stereocenters. The van der Waals surface area contributed by atoms with Crippen molar-refractivity contribution in [1.29, 1.82) is 0 Å². The first-order valence-corrected chi connectivity index (χ1v) is 6.74. The predicted molar refractivity (Wildman–Crippen MR) is 80.9 cm³/mol. The van der Waals surface area contributed by atoms with Crippen molar-refractivity contribution >= 4 is 11.6 Å². The first-order valence-electron chi connectivity index (χ1n) is 6.74. The molecule has 6 nitrogen and oxygen atoms in total. The average molecular weight is 283 g/mol. The van der Waals surface area contributed by atoms with Gasteiger partial charge in [-0.1, -0.05) is 18.2 Å². The molecule has 0 saturated heterocycles. The second kappa shape index (κ2) is 6.23. The van der Waals surface area contributed by atoms with Gasteiger partial charge in [-0.3, -0.25) is 9.25 Å². The molecule has 0 bridgehead atoms. The van der Waals surface area contributed by atoms with E-state index in [2.05, 4.69) is 15.4 Å². The summed E-state index contributed by atoms with van der Waals surface area (Å²) in [6.45, 7) is 1.37. The highest BCUT2D eigenvalue weighted by Gasteiger charge is 2.07. The van der Waals surface area contributed by atoms with Gasteiger partial charge in [0.05, 0.1) is 25.0 Å². The number of para-hydroxylation sites is 1. The highest BCUT2D eigenvalue weighted by atomic mass is 16.5. The summed E-state index contributed by atoms with van der Waals surface area (Å²) in [6, 6.07) is 9.95. The lowest BCUT2D eigenvalue weighted by atomic mass is 10.3. The molecule has 0 aliphatic rings. The van der Waals surface area contributed by atoms with Gasteiger partial charge in [-0.2, -0.15) is 5.10 Å². The summed E-state index contributed by atoms with van der Waals surface area (Å²) in [5.41, 5.74) is 1.96. The quantitative estimate of drug-likeness (QED) is 0.755. The smallest absolute Gasteiger partial charge is 0.212 e. The molecule has 0 saturated carbocycles. The van der Waals surface area contributed by atoms with Gasteiger partial charge in [-0.25, -0.2) is 4.98 Å². The number of rotatable bonds is 6. The van der Waals surface area contributed by atoms with Gasteiger partial charge < -0.3 is 10.1 Å².